The number of carbonyl (C=O) groups is 1. The van der Waals surface area contributed by atoms with E-state index in [2.05, 4.69) is 11.4 Å². The number of Topliss-reactive ketones (excluding diaryl/α,β-unsaturated/α-hetero) is 1. The molecular formula is C14H17NO2. The van der Waals surface area contributed by atoms with E-state index in [1.165, 1.54) is 12.0 Å². The maximum atomic E-state index is 11.5. The van der Waals surface area contributed by atoms with Gasteiger partial charge in [0, 0.05) is 12.0 Å². The Morgan fingerprint density at radius 1 is 1.53 bits per heavy atom. The minimum absolute atomic E-state index is 0.0581. The van der Waals surface area contributed by atoms with Crippen LogP contribution in [0.5, 0.6) is 5.75 Å². The van der Waals surface area contributed by atoms with Crippen LogP contribution in [0.3, 0.4) is 0 Å². The minimum Gasteiger partial charge on any atom is -0.496 e. The van der Waals surface area contributed by atoms with Crippen LogP contribution < -0.4 is 10.1 Å². The molecule has 3 nitrogen and oxygen atoms in total. The fourth-order valence-electron chi connectivity index (χ4n) is 3.08. The van der Waals surface area contributed by atoms with Gasteiger partial charge in [-0.25, -0.2) is 0 Å². The third-order valence-electron chi connectivity index (χ3n) is 4.22. The predicted octanol–water partition coefficient (Wildman–Crippen LogP) is 1.76. The van der Waals surface area contributed by atoms with E-state index in [1.807, 2.05) is 12.1 Å². The van der Waals surface area contributed by atoms with Gasteiger partial charge in [0.25, 0.3) is 0 Å². The summed E-state index contributed by atoms with van der Waals surface area (Å²) in [4.78, 5) is 11.5. The van der Waals surface area contributed by atoms with Crippen molar-refractivity contribution in [2.24, 2.45) is 5.92 Å². The van der Waals surface area contributed by atoms with Crippen molar-refractivity contribution in [2.75, 3.05) is 20.2 Å². The lowest BCUT2D eigenvalue weighted by Crippen LogP contribution is -2.19. The van der Waals surface area contributed by atoms with Crippen LogP contribution in [-0.2, 0) is 5.41 Å². The maximum absolute atomic E-state index is 11.5. The van der Waals surface area contributed by atoms with Gasteiger partial charge in [0.2, 0.25) is 0 Å². The topological polar surface area (TPSA) is 38.3 Å². The number of benzene rings is 1. The van der Waals surface area contributed by atoms with Gasteiger partial charge in [0.1, 0.15) is 5.75 Å². The van der Waals surface area contributed by atoms with E-state index in [0.717, 1.165) is 19.0 Å². The Labute approximate surface area is 101 Å². The summed E-state index contributed by atoms with van der Waals surface area (Å²) < 4.78 is 5.33. The van der Waals surface area contributed by atoms with Crippen LogP contribution in [0.2, 0.25) is 0 Å². The highest BCUT2D eigenvalue weighted by Crippen LogP contribution is 2.56. The lowest BCUT2D eigenvalue weighted by atomic mass is 9.93. The van der Waals surface area contributed by atoms with Crippen molar-refractivity contribution in [2.45, 2.75) is 18.8 Å². The van der Waals surface area contributed by atoms with Gasteiger partial charge in [-0.15, -0.1) is 0 Å². The summed E-state index contributed by atoms with van der Waals surface area (Å²) >= 11 is 0. The Kier molecular flexibility index (Phi) is 2.26. The third-order valence-corrected chi connectivity index (χ3v) is 4.22. The second-order valence-corrected chi connectivity index (χ2v) is 5.16. The average molecular weight is 231 g/mol. The molecule has 0 unspecified atom stereocenters. The third kappa shape index (κ3) is 1.49. The first kappa shape index (κ1) is 10.8. The van der Waals surface area contributed by atoms with Crippen LogP contribution in [0.25, 0.3) is 0 Å². The summed E-state index contributed by atoms with van der Waals surface area (Å²) in [5, 5.41) is 3.43. The SMILES string of the molecule is COc1cc([C@]23CNC[C@H]2C3)ccc1C(C)=O. The van der Waals surface area contributed by atoms with Crippen molar-refractivity contribution in [1.82, 2.24) is 5.32 Å². The van der Waals surface area contributed by atoms with Crippen molar-refractivity contribution < 1.29 is 9.53 Å². The number of ketones is 1. The van der Waals surface area contributed by atoms with Gasteiger partial charge >= 0.3 is 0 Å². The summed E-state index contributed by atoms with van der Waals surface area (Å²) in [6.07, 6.45) is 1.27. The Balaban J connectivity index is 2.00. The molecule has 1 heterocycles. The van der Waals surface area contributed by atoms with Gasteiger partial charge in [-0.2, -0.15) is 0 Å². The highest BCUT2D eigenvalue weighted by molar-refractivity contribution is 5.96. The second kappa shape index (κ2) is 3.57. The lowest BCUT2D eigenvalue weighted by Gasteiger charge is -2.15. The van der Waals surface area contributed by atoms with E-state index in [1.54, 1.807) is 14.0 Å². The summed E-state index contributed by atoms with van der Waals surface area (Å²) in [6.45, 7) is 3.75. The molecule has 17 heavy (non-hydrogen) atoms. The maximum Gasteiger partial charge on any atom is 0.163 e. The molecule has 1 saturated carbocycles. The van der Waals surface area contributed by atoms with Crippen LogP contribution in [-0.4, -0.2) is 26.0 Å². The van der Waals surface area contributed by atoms with E-state index < -0.39 is 0 Å². The summed E-state index contributed by atoms with van der Waals surface area (Å²) in [6, 6.07) is 6.04. The molecular weight excluding hydrogens is 214 g/mol. The summed E-state index contributed by atoms with van der Waals surface area (Å²) in [5.41, 5.74) is 2.31. The quantitative estimate of drug-likeness (QED) is 0.806. The van der Waals surface area contributed by atoms with E-state index in [9.17, 15) is 4.79 Å². The van der Waals surface area contributed by atoms with Gasteiger partial charge in [-0.05, 0) is 43.5 Å². The Hall–Kier alpha value is -1.35. The summed E-state index contributed by atoms with van der Waals surface area (Å²) in [5.74, 6) is 1.54. The van der Waals surface area contributed by atoms with Crippen molar-refractivity contribution in [3.05, 3.63) is 29.3 Å². The van der Waals surface area contributed by atoms with Crippen molar-refractivity contribution in [3.8, 4) is 5.75 Å². The standard InChI is InChI=1S/C14H17NO2/c1-9(16)12-4-3-10(5-13(12)17-2)14-6-11(14)7-15-8-14/h3-5,11,15H,6-8H2,1-2H3/t11-,14+/m1/s1. The van der Waals surface area contributed by atoms with Crippen LogP contribution in [0, 0.1) is 5.92 Å². The second-order valence-electron chi connectivity index (χ2n) is 5.16. The Morgan fingerprint density at radius 3 is 2.88 bits per heavy atom. The van der Waals surface area contributed by atoms with E-state index in [4.69, 9.17) is 4.74 Å². The van der Waals surface area contributed by atoms with E-state index in [-0.39, 0.29) is 5.78 Å². The molecule has 0 bridgehead atoms. The molecule has 1 N–H and O–H groups in total. The molecule has 0 spiro atoms. The molecule has 2 atom stereocenters. The first-order valence-electron chi connectivity index (χ1n) is 6.07. The zero-order valence-corrected chi connectivity index (χ0v) is 10.2. The molecule has 1 aromatic rings. The number of methoxy groups -OCH3 is 1. The molecule has 0 radical (unpaired) electrons. The predicted molar refractivity (Wildman–Crippen MR) is 65.7 cm³/mol. The van der Waals surface area contributed by atoms with Crippen LogP contribution in [0.15, 0.2) is 18.2 Å². The van der Waals surface area contributed by atoms with Crippen LogP contribution >= 0.6 is 0 Å². The molecule has 0 amide bonds. The fourth-order valence-corrected chi connectivity index (χ4v) is 3.08. The first-order chi connectivity index (χ1) is 8.17. The highest BCUT2D eigenvalue weighted by Gasteiger charge is 2.58. The van der Waals surface area contributed by atoms with Crippen molar-refractivity contribution in [3.63, 3.8) is 0 Å². The largest absolute Gasteiger partial charge is 0.496 e. The van der Waals surface area contributed by atoms with Gasteiger partial charge < -0.3 is 10.1 Å². The molecule has 2 aliphatic rings. The normalized spacial score (nSPS) is 29.9. The average Bonchev–Trinajstić information content (AvgIpc) is 2.91. The number of carbonyl (C=O) groups excluding carboxylic acids is 1. The van der Waals surface area contributed by atoms with Gasteiger partial charge in [-0.3, -0.25) is 4.79 Å². The van der Waals surface area contributed by atoms with Crippen molar-refractivity contribution in [1.29, 1.82) is 0 Å². The number of ether oxygens (including phenoxy) is 1. The van der Waals surface area contributed by atoms with Crippen molar-refractivity contribution >= 4 is 5.78 Å². The van der Waals surface area contributed by atoms with E-state index >= 15 is 0 Å². The molecule has 1 aromatic carbocycles. The number of hydrogen-bond donors (Lipinski definition) is 1. The molecule has 90 valence electrons. The highest BCUT2D eigenvalue weighted by atomic mass is 16.5. The molecule has 3 rings (SSSR count). The Bertz CT molecular complexity index is 483. The monoisotopic (exact) mass is 231 g/mol. The minimum atomic E-state index is 0.0581. The van der Waals surface area contributed by atoms with E-state index in [0.29, 0.717) is 16.7 Å². The smallest absolute Gasteiger partial charge is 0.163 e. The first-order valence-corrected chi connectivity index (χ1v) is 6.07. The fraction of sp³-hybridized carbons (Fsp3) is 0.500. The number of piperidine rings is 1. The molecule has 2 fully saturated rings. The lowest BCUT2D eigenvalue weighted by molar-refractivity contribution is 0.101. The Morgan fingerprint density at radius 2 is 2.35 bits per heavy atom. The zero-order chi connectivity index (χ0) is 12.0. The van der Waals surface area contributed by atoms with Gasteiger partial charge in [-0.1, -0.05) is 6.07 Å². The molecule has 1 aliphatic carbocycles. The number of nitrogens with one attached hydrogen (secondary N) is 1. The molecule has 3 heteroatoms. The van der Waals surface area contributed by atoms with Crippen LogP contribution in [0.1, 0.15) is 29.3 Å². The molecule has 0 aromatic heterocycles. The van der Waals surface area contributed by atoms with Crippen LogP contribution in [0.4, 0.5) is 0 Å². The number of hydrogen-bond acceptors (Lipinski definition) is 3. The molecule has 1 saturated heterocycles. The summed E-state index contributed by atoms with van der Waals surface area (Å²) in [7, 11) is 1.63. The number of fused-ring (bicyclic) bond motifs is 1. The number of rotatable bonds is 3. The molecule has 1 aliphatic heterocycles. The van der Waals surface area contributed by atoms with Gasteiger partial charge in [0.05, 0.1) is 12.7 Å². The zero-order valence-electron chi connectivity index (χ0n) is 10.2. The van der Waals surface area contributed by atoms with Gasteiger partial charge in [0.15, 0.2) is 5.78 Å².